The van der Waals surface area contributed by atoms with Crippen molar-refractivity contribution in [3.8, 4) is 11.8 Å². The third kappa shape index (κ3) is 4.45. The van der Waals surface area contributed by atoms with Gasteiger partial charge in [-0.15, -0.1) is 0 Å². The minimum Gasteiger partial charge on any atom is -0.479 e. The average molecular weight is 503 g/mol. The first-order valence-corrected chi connectivity index (χ1v) is 10.9. The largest absolute Gasteiger partial charge is 0.479 e. The SMILES string of the molecule is CCOC(=O)c1cnn(-c2nc(OC)c3c(n2)c(C2CC2)nn3[C@@H](C)c2ccc(F)c(F)c2)c1.S. The number of esters is 1. The quantitative estimate of drug-likeness (QED) is 0.351. The fourth-order valence-corrected chi connectivity index (χ4v) is 3.84. The molecule has 0 amide bonds. The van der Waals surface area contributed by atoms with Gasteiger partial charge in [0.25, 0.3) is 5.95 Å². The van der Waals surface area contributed by atoms with Crippen LogP contribution in [-0.4, -0.2) is 49.2 Å². The first-order valence-electron chi connectivity index (χ1n) is 10.9. The summed E-state index contributed by atoms with van der Waals surface area (Å²) in [7, 11) is 1.48. The minimum absolute atomic E-state index is 0. The van der Waals surface area contributed by atoms with Crippen molar-refractivity contribution in [2.75, 3.05) is 13.7 Å². The molecular formula is C23H24F2N6O3S. The van der Waals surface area contributed by atoms with E-state index < -0.39 is 23.6 Å². The van der Waals surface area contributed by atoms with Gasteiger partial charge in [0.2, 0.25) is 5.88 Å². The Hall–Kier alpha value is -3.54. The molecule has 1 fully saturated rings. The molecule has 0 aliphatic heterocycles. The Morgan fingerprint density at radius 1 is 1.23 bits per heavy atom. The van der Waals surface area contributed by atoms with Gasteiger partial charge in [0, 0.05) is 12.1 Å². The highest BCUT2D eigenvalue weighted by Crippen LogP contribution is 2.44. The van der Waals surface area contributed by atoms with Gasteiger partial charge in [-0.25, -0.2) is 23.2 Å². The van der Waals surface area contributed by atoms with Gasteiger partial charge in [-0.05, 0) is 44.4 Å². The molecule has 3 aromatic heterocycles. The number of nitrogens with zero attached hydrogens (tertiary/aromatic N) is 6. The lowest BCUT2D eigenvalue weighted by Gasteiger charge is -2.15. The third-order valence-corrected chi connectivity index (χ3v) is 5.78. The zero-order valence-corrected chi connectivity index (χ0v) is 20.3. The van der Waals surface area contributed by atoms with Crippen LogP contribution in [0.15, 0.2) is 30.6 Å². The molecule has 0 unspecified atom stereocenters. The highest BCUT2D eigenvalue weighted by Gasteiger charge is 2.33. The van der Waals surface area contributed by atoms with Crippen molar-refractivity contribution in [2.45, 2.75) is 38.6 Å². The monoisotopic (exact) mass is 502 g/mol. The number of rotatable bonds is 7. The number of carbonyl (C=O) groups excluding carboxylic acids is 1. The summed E-state index contributed by atoms with van der Waals surface area (Å²) in [6.45, 7) is 3.81. The summed E-state index contributed by atoms with van der Waals surface area (Å²) in [6.07, 6.45) is 4.82. The zero-order chi connectivity index (χ0) is 24.0. The van der Waals surface area contributed by atoms with Gasteiger partial charge < -0.3 is 9.47 Å². The van der Waals surface area contributed by atoms with E-state index in [0.29, 0.717) is 16.6 Å². The van der Waals surface area contributed by atoms with Crippen LogP contribution < -0.4 is 4.74 Å². The maximum Gasteiger partial charge on any atom is 0.341 e. The second-order valence-electron chi connectivity index (χ2n) is 8.08. The molecule has 1 atom stereocenters. The Labute approximate surface area is 206 Å². The summed E-state index contributed by atoms with van der Waals surface area (Å²) in [5.41, 5.74) is 2.73. The molecule has 35 heavy (non-hydrogen) atoms. The third-order valence-electron chi connectivity index (χ3n) is 5.78. The van der Waals surface area contributed by atoms with Crippen LogP contribution >= 0.6 is 13.5 Å². The molecule has 12 heteroatoms. The molecule has 0 spiro atoms. The Kier molecular flexibility index (Phi) is 6.75. The lowest BCUT2D eigenvalue weighted by Crippen LogP contribution is -2.11. The molecule has 5 rings (SSSR count). The molecule has 1 aliphatic rings. The smallest absolute Gasteiger partial charge is 0.341 e. The average Bonchev–Trinajstić information content (AvgIpc) is 3.42. The number of aromatic nitrogens is 6. The van der Waals surface area contributed by atoms with Gasteiger partial charge in [-0.3, -0.25) is 4.68 Å². The van der Waals surface area contributed by atoms with Gasteiger partial charge in [0.05, 0.1) is 37.2 Å². The van der Waals surface area contributed by atoms with E-state index in [1.54, 1.807) is 11.6 Å². The first kappa shape index (κ1) is 24.6. The van der Waals surface area contributed by atoms with Crippen molar-refractivity contribution >= 4 is 30.5 Å². The second kappa shape index (κ2) is 9.61. The predicted molar refractivity (Wildman–Crippen MR) is 127 cm³/mol. The summed E-state index contributed by atoms with van der Waals surface area (Å²) in [5, 5.41) is 9.00. The van der Waals surface area contributed by atoms with Crippen molar-refractivity contribution in [1.82, 2.24) is 29.5 Å². The molecule has 1 aliphatic carbocycles. The summed E-state index contributed by atoms with van der Waals surface area (Å²) in [5.74, 6) is -1.63. The highest BCUT2D eigenvalue weighted by molar-refractivity contribution is 7.59. The number of methoxy groups -OCH3 is 1. The van der Waals surface area contributed by atoms with E-state index in [9.17, 15) is 13.6 Å². The Bertz CT molecular complexity index is 1400. The predicted octanol–water partition coefficient (Wildman–Crippen LogP) is 4.08. The van der Waals surface area contributed by atoms with Crippen molar-refractivity contribution in [1.29, 1.82) is 0 Å². The van der Waals surface area contributed by atoms with Gasteiger partial charge in [0.1, 0.15) is 11.0 Å². The fraction of sp³-hybridized carbons (Fsp3) is 0.348. The Morgan fingerprint density at radius 3 is 2.66 bits per heavy atom. The number of fused-ring (bicyclic) bond motifs is 1. The number of carbonyl (C=O) groups is 1. The summed E-state index contributed by atoms with van der Waals surface area (Å²) < 4.78 is 41.1. The number of hydrogen-bond acceptors (Lipinski definition) is 7. The lowest BCUT2D eigenvalue weighted by atomic mass is 10.1. The van der Waals surface area contributed by atoms with Crippen molar-refractivity contribution in [2.24, 2.45) is 0 Å². The minimum atomic E-state index is -0.926. The molecule has 4 aromatic rings. The number of hydrogen-bond donors (Lipinski definition) is 0. The van der Waals surface area contributed by atoms with E-state index in [1.807, 2.05) is 6.92 Å². The molecule has 1 aromatic carbocycles. The molecule has 0 bridgehead atoms. The van der Waals surface area contributed by atoms with E-state index in [0.717, 1.165) is 30.7 Å². The molecule has 3 heterocycles. The van der Waals surface area contributed by atoms with Gasteiger partial charge in [-0.2, -0.15) is 28.7 Å². The maximum absolute atomic E-state index is 13.9. The summed E-state index contributed by atoms with van der Waals surface area (Å²) in [4.78, 5) is 21.2. The van der Waals surface area contributed by atoms with E-state index in [4.69, 9.17) is 19.6 Å². The zero-order valence-electron chi connectivity index (χ0n) is 19.3. The number of ether oxygens (including phenoxy) is 2. The number of benzene rings is 1. The van der Waals surface area contributed by atoms with Crippen LogP contribution in [0.25, 0.3) is 17.0 Å². The van der Waals surface area contributed by atoms with Crippen LogP contribution in [0.1, 0.15) is 60.3 Å². The Morgan fingerprint density at radius 2 is 2.00 bits per heavy atom. The highest BCUT2D eigenvalue weighted by atomic mass is 32.1. The molecule has 0 saturated heterocycles. The normalized spacial score (nSPS) is 14.0. The van der Waals surface area contributed by atoms with Crippen LogP contribution in [0.2, 0.25) is 0 Å². The van der Waals surface area contributed by atoms with E-state index in [2.05, 4.69) is 10.1 Å². The summed E-state index contributed by atoms with van der Waals surface area (Å²) >= 11 is 0. The summed E-state index contributed by atoms with van der Waals surface area (Å²) in [6, 6.07) is 3.34. The maximum atomic E-state index is 13.9. The first-order chi connectivity index (χ1) is 16.4. The van der Waals surface area contributed by atoms with E-state index >= 15 is 0 Å². The molecule has 1 saturated carbocycles. The van der Waals surface area contributed by atoms with Crippen molar-refractivity contribution < 1.29 is 23.0 Å². The molecule has 0 N–H and O–H groups in total. The van der Waals surface area contributed by atoms with E-state index in [1.165, 1.54) is 30.3 Å². The van der Waals surface area contributed by atoms with Crippen LogP contribution in [-0.2, 0) is 4.74 Å². The fourth-order valence-electron chi connectivity index (χ4n) is 3.84. The van der Waals surface area contributed by atoms with Gasteiger partial charge in [0.15, 0.2) is 11.6 Å². The second-order valence-corrected chi connectivity index (χ2v) is 8.08. The molecule has 0 radical (unpaired) electrons. The van der Waals surface area contributed by atoms with Crippen molar-refractivity contribution in [3.63, 3.8) is 0 Å². The Balaban J connectivity index is 0.00000289. The molecule has 184 valence electrons. The standard InChI is InChI=1S/C23H22F2N6O3.H2S/c1-4-34-22(32)15-10-26-30(11-15)23-27-19-18(13-5-6-13)29-31(20(19)21(28-23)33-3)12(2)14-7-8-16(24)17(25)9-14;/h7-13H,4-6H2,1-3H3;1H2/t12-;/m0./s1. The molecular weight excluding hydrogens is 478 g/mol. The van der Waals surface area contributed by atoms with Gasteiger partial charge in [-0.1, -0.05) is 6.07 Å². The van der Waals surface area contributed by atoms with E-state index in [-0.39, 0.29) is 43.4 Å². The van der Waals surface area contributed by atoms with Gasteiger partial charge >= 0.3 is 5.97 Å². The van der Waals surface area contributed by atoms with Crippen LogP contribution in [0.3, 0.4) is 0 Å². The van der Waals surface area contributed by atoms with Crippen LogP contribution in [0.5, 0.6) is 5.88 Å². The van der Waals surface area contributed by atoms with Crippen LogP contribution in [0.4, 0.5) is 8.78 Å². The number of halogens is 2. The topological polar surface area (TPSA) is 96.9 Å². The van der Waals surface area contributed by atoms with Crippen LogP contribution in [0, 0.1) is 11.6 Å². The van der Waals surface area contributed by atoms with Crippen molar-refractivity contribution in [3.05, 3.63) is 59.0 Å². The lowest BCUT2D eigenvalue weighted by molar-refractivity contribution is 0.0526. The molecule has 9 nitrogen and oxygen atoms in total.